The Morgan fingerprint density at radius 2 is 1.94 bits per heavy atom. The monoisotopic (exact) mass is 307 g/mol. The van der Waals surface area contributed by atoms with E-state index in [1.165, 1.54) is 11.6 Å². The van der Waals surface area contributed by atoms with Crippen molar-refractivity contribution in [3.8, 4) is 0 Å². The first-order valence-corrected chi connectivity index (χ1v) is 6.64. The zero-order chi connectivity index (χ0) is 13.1. The van der Waals surface area contributed by atoms with Crippen molar-refractivity contribution >= 4 is 21.6 Å². The smallest absolute Gasteiger partial charge is 0.123 e. The third-order valence-corrected chi connectivity index (χ3v) is 3.53. The van der Waals surface area contributed by atoms with Gasteiger partial charge in [0, 0.05) is 16.2 Å². The normalized spacial score (nSPS) is 12.2. The predicted molar refractivity (Wildman–Crippen MR) is 77.3 cm³/mol. The molecule has 0 amide bonds. The summed E-state index contributed by atoms with van der Waals surface area (Å²) in [6, 6.07) is 12.8. The highest BCUT2D eigenvalue weighted by atomic mass is 79.9. The largest absolute Gasteiger partial charge is 0.378 e. The molecule has 0 saturated carbocycles. The maximum Gasteiger partial charge on any atom is 0.123 e. The Hall–Kier alpha value is -1.35. The van der Waals surface area contributed by atoms with Crippen LogP contribution in [0.1, 0.15) is 24.1 Å². The molecule has 0 radical (unpaired) electrons. The van der Waals surface area contributed by atoms with Gasteiger partial charge in [-0.25, -0.2) is 4.39 Å². The molecule has 0 aliphatic heterocycles. The standard InChI is InChI=1S/C15H15BrFN/c1-10-6-7-14(16)15(8-10)18-11(2)12-4-3-5-13(17)9-12/h3-9,11,18H,1-2H3. The molecule has 2 aromatic rings. The van der Waals surface area contributed by atoms with Crippen molar-refractivity contribution in [1.29, 1.82) is 0 Å². The van der Waals surface area contributed by atoms with E-state index in [2.05, 4.69) is 27.3 Å². The minimum absolute atomic E-state index is 0.0544. The highest BCUT2D eigenvalue weighted by Gasteiger charge is 2.08. The van der Waals surface area contributed by atoms with Gasteiger partial charge in [0.2, 0.25) is 0 Å². The van der Waals surface area contributed by atoms with Crippen LogP contribution in [0.2, 0.25) is 0 Å². The quantitative estimate of drug-likeness (QED) is 0.834. The summed E-state index contributed by atoms with van der Waals surface area (Å²) in [6.07, 6.45) is 0. The molecule has 94 valence electrons. The number of aryl methyl sites for hydroxylation is 1. The minimum atomic E-state index is -0.204. The molecular formula is C15H15BrFN. The molecule has 2 aromatic carbocycles. The second-order valence-corrected chi connectivity index (χ2v) is 5.26. The zero-order valence-corrected chi connectivity index (χ0v) is 12.0. The van der Waals surface area contributed by atoms with Crippen molar-refractivity contribution in [2.75, 3.05) is 5.32 Å². The van der Waals surface area contributed by atoms with Crippen molar-refractivity contribution in [3.05, 3.63) is 63.9 Å². The summed E-state index contributed by atoms with van der Waals surface area (Å²) >= 11 is 3.51. The summed E-state index contributed by atoms with van der Waals surface area (Å²) in [4.78, 5) is 0. The van der Waals surface area contributed by atoms with Gasteiger partial charge >= 0.3 is 0 Å². The van der Waals surface area contributed by atoms with Gasteiger partial charge in [0.25, 0.3) is 0 Å². The Morgan fingerprint density at radius 1 is 1.17 bits per heavy atom. The van der Waals surface area contributed by atoms with E-state index in [1.807, 2.05) is 32.0 Å². The summed E-state index contributed by atoms with van der Waals surface area (Å²) in [7, 11) is 0. The number of anilines is 1. The molecule has 18 heavy (non-hydrogen) atoms. The molecule has 0 aromatic heterocycles. The van der Waals surface area contributed by atoms with Gasteiger partial charge in [-0.1, -0.05) is 18.2 Å². The SMILES string of the molecule is Cc1ccc(Br)c(NC(C)c2cccc(F)c2)c1. The summed E-state index contributed by atoms with van der Waals surface area (Å²) in [5.41, 5.74) is 3.14. The number of hydrogen-bond donors (Lipinski definition) is 1. The first-order chi connectivity index (χ1) is 8.56. The number of rotatable bonds is 3. The Bertz CT molecular complexity index is 554. The molecule has 0 spiro atoms. The van der Waals surface area contributed by atoms with E-state index in [9.17, 15) is 4.39 Å². The minimum Gasteiger partial charge on any atom is -0.378 e. The second-order valence-electron chi connectivity index (χ2n) is 4.40. The van der Waals surface area contributed by atoms with Crippen molar-refractivity contribution < 1.29 is 4.39 Å². The van der Waals surface area contributed by atoms with Gasteiger partial charge in [-0.15, -0.1) is 0 Å². The topological polar surface area (TPSA) is 12.0 Å². The van der Waals surface area contributed by atoms with E-state index in [4.69, 9.17) is 0 Å². The fourth-order valence-corrected chi connectivity index (χ4v) is 2.20. The average molecular weight is 308 g/mol. The molecule has 1 nitrogen and oxygen atoms in total. The Kier molecular flexibility index (Phi) is 4.02. The van der Waals surface area contributed by atoms with Gasteiger partial charge in [0.05, 0.1) is 0 Å². The van der Waals surface area contributed by atoms with E-state index in [1.54, 1.807) is 12.1 Å². The number of halogens is 2. The molecular weight excluding hydrogens is 293 g/mol. The Balaban J connectivity index is 2.21. The van der Waals surface area contributed by atoms with Crippen LogP contribution in [0.4, 0.5) is 10.1 Å². The van der Waals surface area contributed by atoms with Gasteiger partial charge in [-0.3, -0.25) is 0 Å². The summed E-state index contributed by atoms with van der Waals surface area (Å²) in [5, 5.41) is 3.38. The first-order valence-electron chi connectivity index (χ1n) is 5.84. The van der Waals surface area contributed by atoms with Crippen molar-refractivity contribution in [1.82, 2.24) is 0 Å². The molecule has 1 N–H and O–H groups in total. The average Bonchev–Trinajstić information content (AvgIpc) is 2.34. The first kappa shape index (κ1) is 13.1. The van der Waals surface area contributed by atoms with E-state index in [-0.39, 0.29) is 11.9 Å². The van der Waals surface area contributed by atoms with Gasteiger partial charge in [0.1, 0.15) is 5.82 Å². The molecule has 0 bridgehead atoms. The molecule has 0 heterocycles. The lowest BCUT2D eigenvalue weighted by atomic mass is 10.1. The maximum atomic E-state index is 13.2. The molecule has 0 aliphatic rings. The van der Waals surface area contributed by atoms with Crippen LogP contribution in [0.25, 0.3) is 0 Å². The van der Waals surface area contributed by atoms with Gasteiger partial charge < -0.3 is 5.32 Å². The van der Waals surface area contributed by atoms with Crippen molar-refractivity contribution in [3.63, 3.8) is 0 Å². The van der Waals surface area contributed by atoms with Crippen LogP contribution in [0, 0.1) is 12.7 Å². The second kappa shape index (κ2) is 5.53. The molecule has 3 heteroatoms. The Morgan fingerprint density at radius 3 is 2.67 bits per heavy atom. The number of hydrogen-bond acceptors (Lipinski definition) is 1. The van der Waals surface area contributed by atoms with E-state index in [0.29, 0.717) is 0 Å². The van der Waals surface area contributed by atoms with Gasteiger partial charge in [0.15, 0.2) is 0 Å². The molecule has 0 fully saturated rings. The van der Waals surface area contributed by atoms with Crippen molar-refractivity contribution in [2.45, 2.75) is 19.9 Å². The van der Waals surface area contributed by atoms with Crippen LogP contribution in [0.3, 0.4) is 0 Å². The lowest BCUT2D eigenvalue weighted by molar-refractivity contribution is 0.623. The number of benzene rings is 2. The maximum absolute atomic E-state index is 13.2. The number of nitrogens with one attached hydrogen (secondary N) is 1. The summed E-state index contributed by atoms with van der Waals surface area (Å²) < 4.78 is 14.2. The molecule has 1 unspecified atom stereocenters. The lowest BCUT2D eigenvalue weighted by Crippen LogP contribution is -2.07. The van der Waals surface area contributed by atoms with E-state index >= 15 is 0 Å². The van der Waals surface area contributed by atoms with Crippen LogP contribution in [-0.4, -0.2) is 0 Å². The van der Waals surface area contributed by atoms with Crippen LogP contribution in [0.5, 0.6) is 0 Å². The van der Waals surface area contributed by atoms with Gasteiger partial charge in [-0.2, -0.15) is 0 Å². The van der Waals surface area contributed by atoms with Crippen LogP contribution in [-0.2, 0) is 0 Å². The fourth-order valence-electron chi connectivity index (χ4n) is 1.84. The third kappa shape index (κ3) is 3.10. The molecule has 0 saturated heterocycles. The predicted octanol–water partition coefficient (Wildman–Crippen LogP) is 5.07. The highest BCUT2D eigenvalue weighted by molar-refractivity contribution is 9.10. The fraction of sp³-hybridized carbons (Fsp3) is 0.200. The Labute approximate surface area is 115 Å². The van der Waals surface area contributed by atoms with Crippen molar-refractivity contribution in [2.24, 2.45) is 0 Å². The lowest BCUT2D eigenvalue weighted by Gasteiger charge is -2.17. The summed E-state index contributed by atoms with van der Waals surface area (Å²) in [6.45, 7) is 4.06. The highest BCUT2D eigenvalue weighted by Crippen LogP contribution is 2.27. The zero-order valence-electron chi connectivity index (χ0n) is 10.4. The van der Waals surface area contributed by atoms with Crippen LogP contribution < -0.4 is 5.32 Å². The molecule has 2 rings (SSSR count). The molecule has 0 aliphatic carbocycles. The molecule has 1 atom stereocenters. The van der Waals surface area contributed by atoms with E-state index in [0.717, 1.165) is 15.7 Å². The van der Waals surface area contributed by atoms with Gasteiger partial charge in [-0.05, 0) is 65.2 Å². The van der Waals surface area contributed by atoms with E-state index < -0.39 is 0 Å². The third-order valence-electron chi connectivity index (χ3n) is 2.84. The van der Waals surface area contributed by atoms with Crippen LogP contribution >= 0.6 is 15.9 Å². The summed E-state index contributed by atoms with van der Waals surface area (Å²) in [5.74, 6) is -0.204. The van der Waals surface area contributed by atoms with Crippen LogP contribution in [0.15, 0.2) is 46.9 Å².